The van der Waals surface area contributed by atoms with Gasteiger partial charge in [-0.1, -0.05) is 12.1 Å². The van der Waals surface area contributed by atoms with Crippen molar-refractivity contribution in [1.29, 1.82) is 0 Å². The smallest absolute Gasteiger partial charge is 0.246 e. The largest absolute Gasteiger partial charge is 0.497 e. The molecule has 2 amide bonds. The maximum absolute atomic E-state index is 12.4. The van der Waals surface area contributed by atoms with Crippen molar-refractivity contribution in [2.45, 2.75) is 19.5 Å². The van der Waals surface area contributed by atoms with Crippen molar-refractivity contribution in [3.63, 3.8) is 0 Å². The average Bonchev–Trinajstić information content (AvgIpc) is 2.53. The van der Waals surface area contributed by atoms with Gasteiger partial charge < -0.3 is 14.5 Å². The number of rotatable bonds is 4. The number of carbonyl (C=O) groups excluding carboxylic acids is 2. The Bertz CT molecular complexity index is 574. The fourth-order valence-corrected chi connectivity index (χ4v) is 2.90. The van der Waals surface area contributed by atoms with E-state index in [0.29, 0.717) is 13.1 Å². The van der Waals surface area contributed by atoms with Gasteiger partial charge in [0.25, 0.3) is 0 Å². The van der Waals surface area contributed by atoms with Crippen LogP contribution < -0.4 is 4.74 Å². The van der Waals surface area contributed by atoms with Gasteiger partial charge in [-0.15, -0.1) is 0 Å². The number of benzene rings is 1. The van der Waals surface area contributed by atoms with Crippen LogP contribution in [0.1, 0.15) is 12.5 Å². The van der Waals surface area contributed by atoms with E-state index in [-0.39, 0.29) is 11.8 Å². The third-order valence-electron chi connectivity index (χ3n) is 4.14. The van der Waals surface area contributed by atoms with Crippen LogP contribution in [0.5, 0.6) is 5.75 Å². The molecule has 0 spiro atoms. The third-order valence-corrected chi connectivity index (χ3v) is 4.14. The Hall–Kier alpha value is -2.08. The van der Waals surface area contributed by atoms with Crippen LogP contribution in [0.3, 0.4) is 0 Å². The molecule has 1 fully saturated rings. The summed E-state index contributed by atoms with van der Waals surface area (Å²) in [4.78, 5) is 29.6. The van der Waals surface area contributed by atoms with Gasteiger partial charge in [0.1, 0.15) is 11.8 Å². The van der Waals surface area contributed by atoms with E-state index in [4.69, 9.17) is 4.74 Å². The molecule has 0 saturated carbocycles. The first-order valence-electron chi connectivity index (χ1n) is 7.76. The van der Waals surface area contributed by atoms with Crippen LogP contribution in [-0.2, 0) is 16.1 Å². The zero-order valence-electron chi connectivity index (χ0n) is 14.3. The molecule has 1 unspecified atom stereocenters. The van der Waals surface area contributed by atoms with Crippen molar-refractivity contribution in [3.05, 3.63) is 29.8 Å². The minimum absolute atomic E-state index is 0.0319. The summed E-state index contributed by atoms with van der Waals surface area (Å²) in [5.74, 6) is 0.743. The van der Waals surface area contributed by atoms with Gasteiger partial charge in [0.2, 0.25) is 11.8 Å². The predicted octanol–water partition coefficient (Wildman–Crippen LogP) is 0.816. The Labute approximate surface area is 137 Å². The van der Waals surface area contributed by atoms with E-state index in [9.17, 15) is 9.59 Å². The summed E-state index contributed by atoms with van der Waals surface area (Å²) in [6.45, 7) is 4.14. The maximum atomic E-state index is 12.4. The Kier molecular flexibility index (Phi) is 5.60. The van der Waals surface area contributed by atoms with E-state index in [1.807, 2.05) is 24.3 Å². The number of hydrogen-bond acceptors (Lipinski definition) is 4. The number of methoxy groups -OCH3 is 1. The first-order chi connectivity index (χ1) is 10.9. The van der Waals surface area contributed by atoms with E-state index in [1.165, 1.54) is 6.92 Å². The highest BCUT2D eigenvalue weighted by Crippen LogP contribution is 2.18. The molecule has 126 valence electrons. The van der Waals surface area contributed by atoms with Gasteiger partial charge in [-0.3, -0.25) is 14.5 Å². The molecule has 0 aliphatic carbocycles. The van der Waals surface area contributed by atoms with Crippen LogP contribution in [0, 0.1) is 0 Å². The lowest BCUT2D eigenvalue weighted by atomic mass is 10.1. The first kappa shape index (κ1) is 17.3. The van der Waals surface area contributed by atoms with Crippen LogP contribution in [0.25, 0.3) is 0 Å². The summed E-state index contributed by atoms with van der Waals surface area (Å²) in [5, 5.41) is 0. The summed E-state index contributed by atoms with van der Waals surface area (Å²) in [7, 11) is 5.10. The molecule has 23 heavy (non-hydrogen) atoms. The third kappa shape index (κ3) is 4.22. The van der Waals surface area contributed by atoms with E-state index in [0.717, 1.165) is 24.4 Å². The summed E-state index contributed by atoms with van der Waals surface area (Å²) < 4.78 is 5.25. The fourth-order valence-electron chi connectivity index (χ4n) is 2.90. The first-order valence-corrected chi connectivity index (χ1v) is 7.76. The molecule has 1 aliphatic rings. The van der Waals surface area contributed by atoms with Gasteiger partial charge in [0, 0.05) is 47.2 Å². The predicted molar refractivity (Wildman–Crippen MR) is 88.1 cm³/mol. The monoisotopic (exact) mass is 319 g/mol. The molecular formula is C17H25N3O3. The SMILES string of the molecule is COc1cccc(CN2CCN(C(C)=O)C(C(=O)N(C)C)C2)c1. The molecule has 1 atom stereocenters. The number of nitrogens with zero attached hydrogens (tertiary/aromatic N) is 3. The normalized spacial score (nSPS) is 18.6. The fraction of sp³-hybridized carbons (Fsp3) is 0.529. The molecule has 0 bridgehead atoms. The van der Waals surface area contributed by atoms with Gasteiger partial charge in [-0.25, -0.2) is 0 Å². The molecule has 0 radical (unpaired) electrons. The minimum Gasteiger partial charge on any atom is -0.497 e. The second-order valence-corrected chi connectivity index (χ2v) is 6.05. The summed E-state index contributed by atoms with van der Waals surface area (Å²) in [6, 6.07) is 7.50. The van der Waals surface area contributed by atoms with Crippen molar-refractivity contribution in [2.24, 2.45) is 0 Å². The van der Waals surface area contributed by atoms with Crippen LogP contribution in [-0.4, -0.2) is 73.4 Å². The quantitative estimate of drug-likeness (QED) is 0.824. The van der Waals surface area contributed by atoms with Crippen molar-refractivity contribution >= 4 is 11.8 Å². The molecule has 1 aromatic rings. The maximum Gasteiger partial charge on any atom is 0.246 e. The molecule has 1 saturated heterocycles. The van der Waals surface area contributed by atoms with Crippen molar-refractivity contribution in [1.82, 2.24) is 14.7 Å². The number of piperazine rings is 1. The zero-order chi connectivity index (χ0) is 17.0. The van der Waals surface area contributed by atoms with Crippen LogP contribution in [0.4, 0.5) is 0 Å². The topological polar surface area (TPSA) is 53.1 Å². The number of amides is 2. The molecule has 6 heteroatoms. The highest BCUT2D eigenvalue weighted by atomic mass is 16.5. The number of carbonyl (C=O) groups is 2. The summed E-state index contributed by atoms with van der Waals surface area (Å²) >= 11 is 0. The number of likely N-dealkylation sites (N-methyl/N-ethyl adjacent to an activating group) is 1. The van der Waals surface area contributed by atoms with Crippen molar-refractivity contribution in [2.75, 3.05) is 40.8 Å². The Balaban J connectivity index is 2.10. The highest BCUT2D eigenvalue weighted by Gasteiger charge is 2.34. The van der Waals surface area contributed by atoms with Crippen molar-refractivity contribution in [3.8, 4) is 5.75 Å². The highest BCUT2D eigenvalue weighted by molar-refractivity contribution is 5.87. The molecule has 1 aromatic carbocycles. The van der Waals surface area contributed by atoms with Gasteiger partial charge >= 0.3 is 0 Å². The van der Waals surface area contributed by atoms with E-state index in [2.05, 4.69) is 4.90 Å². The minimum atomic E-state index is -0.415. The van der Waals surface area contributed by atoms with E-state index in [1.54, 1.807) is 31.0 Å². The lowest BCUT2D eigenvalue weighted by molar-refractivity contribution is -0.146. The second-order valence-electron chi connectivity index (χ2n) is 6.05. The van der Waals surface area contributed by atoms with Crippen LogP contribution >= 0.6 is 0 Å². The van der Waals surface area contributed by atoms with Gasteiger partial charge in [-0.05, 0) is 17.7 Å². The summed E-state index contributed by atoms with van der Waals surface area (Å²) in [5.41, 5.74) is 1.14. The molecule has 2 rings (SSSR count). The molecule has 1 heterocycles. The molecule has 0 N–H and O–H groups in total. The van der Waals surface area contributed by atoms with Crippen LogP contribution in [0.2, 0.25) is 0 Å². The van der Waals surface area contributed by atoms with Gasteiger partial charge in [0.05, 0.1) is 7.11 Å². The average molecular weight is 319 g/mol. The number of ether oxygens (including phenoxy) is 1. The van der Waals surface area contributed by atoms with Gasteiger partial charge in [0.15, 0.2) is 0 Å². The van der Waals surface area contributed by atoms with Crippen molar-refractivity contribution < 1.29 is 14.3 Å². The lowest BCUT2D eigenvalue weighted by Gasteiger charge is -2.41. The Morgan fingerprint density at radius 3 is 2.65 bits per heavy atom. The standard InChI is InChI=1S/C17H25N3O3/c1-13(21)20-9-8-19(12-16(20)17(22)18(2)3)11-14-6-5-7-15(10-14)23-4/h5-7,10,16H,8-9,11-12H2,1-4H3. The van der Waals surface area contributed by atoms with Gasteiger partial charge in [-0.2, -0.15) is 0 Å². The molecule has 1 aliphatic heterocycles. The molecule has 0 aromatic heterocycles. The number of hydrogen-bond donors (Lipinski definition) is 0. The van der Waals surface area contributed by atoms with E-state index >= 15 is 0 Å². The zero-order valence-corrected chi connectivity index (χ0v) is 14.3. The Morgan fingerprint density at radius 1 is 1.30 bits per heavy atom. The van der Waals surface area contributed by atoms with Crippen LogP contribution in [0.15, 0.2) is 24.3 Å². The molecular weight excluding hydrogens is 294 g/mol. The molecule has 6 nitrogen and oxygen atoms in total. The summed E-state index contributed by atoms with van der Waals surface area (Å²) in [6.07, 6.45) is 0. The Morgan fingerprint density at radius 2 is 2.04 bits per heavy atom. The lowest BCUT2D eigenvalue weighted by Crippen LogP contribution is -2.59. The van der Waals surface area contributed by atoms with E-state index < -0.39 is 6.04 Å². The second kappa shape index (κ2) is 7.46.